The van der Waals surface area contributed by atoms with Gasteiger partial charge in [-0.3, -0.25) is 0 Å². The molecule has 0 aliphatic carbocycles. The summed E-state index contributed by atoms with van der Waals surface area (Å²) in [5.74, 6) is 1.84. The van der Waals surface area contributed by atoms with Gasteiger partial charge in [-0.2, -0.15) is 0 Å². The third kappa shape index (κ3) is 3.85. The molecule has 2 aromatic rings. The molecule has 1 aromatic heterocycles. The standard InChI is InChI=1S/C15H21N3S/c1-3-9-18-10-8-17-15(18)14(16)11-19-13-6-4-12(2)5-7-13/h4-8,10,14H,3,9,11,16H2,1-2H3. The molecule has 3 nitrogen and oxygen atoms in total. The normalized spacial score (nSPS) is 12.6. The molecule has 0 fully saturated rings. The maximum atomic E-state index is 6.24. The maximum absolute atomic E-state index is 6.24. The molecule has 0 aliphatic heterocycles. The highest BCUT2D eigenvalue weighted by molar-refractivity contribution is 7.99. The van der Waals surface area contributed by atoms with Gasteiger partial charge in [0, 0.05) is 29.6 Å². The van der Waals surface area contributed by atoms with Gasteiger partial charge in [-0.25, -0.2) is 4.98 Å². The fourth-order valence-electron chi connectivity index (χ4n) is 1.97. The van der Waals surface area contributed by atoms with Gasteiger partial charge in [0.15, 0.2) is 0 Å². The molecule has 102 valence electrons. The average molecular weight is 275 g/mol. The van der Waals surface area contributed by atoms with Gasteiger partial charge in [-0.1, -0.05) is 24.6 Å². The largest absolute Gasteiger partial charge is 0.334 e. The Morgan fingerprint density at radius 1 is 1.32 bits per heavy atom. The second-order valence-corrected chi connectivity index (χ2v) is 5.80. The van der Waals surface area contributed by atoms with Gasteiger partial charge in [0.1, 0.15) is 5.82 Å². The van der Waals surface area contributed by atoms with Crippen molar-refractivity contribution < 1.29 is 0 Å². The summed E-state index contributed by atoms with van der Waals surface area (Å²) in [4.78, 5) is 5.64. The predicted molar refractivity (Wildman–Crippen MR) is 81.3 cm³/mol. The lowest BCUT2D eigenvalue weighted by Crippen LogP contribution is -2.18. The molecule has 2 rings (SSSR count). The van der Waals surface area contributed by atoms with Crippen LogP contribution in [-0.4, -0.2) is 15.3 Å². The smallest absolute Gasteiger partial charge is 0.126 e. The number of nitrogens with zero attached hydrogens (tertiary/aromatic N) is 2. The van der Waals surface area contributed by atoms with Crippen LogP contribution in [0.3, 0.4) is 0 Å². The zero-order valence-corrected chi connectivity index (χ0v) is 12.4. The highest BCUT2D eigenvalue weighted by Crippen LogP contribution is 2.23. The first-order chi connectivity index (χ1) is 9.20. The minimum Gasteiger partial charge on any atom is -0.334 e. The topological polar surface area (TPSA) is 43.8 Å². The molecule has 0 aliphatic rings. The average Bonchev–Trinajstić information content (AvgIpc) is 2.86. The number of nitrogens with two attached hydrogens (primary N) is 1. The van der Waals surface area contributed by atoms with Crippen molar-refractivity contribution in [1.82, 2.24) is 9.55 Å². The summed E-state index contributed by atoms with van der Waals surface area (Å²) >= 11 is 1.78. The number of hydrogen-bond acceptors (Lipinski definition) is 3. The molecule has 0 spiro atoms. The van der Waals surface area contributed by atoms with E-state index in [9.17, 15) is 0 Å². The summed E-state index contributed by atoms with van der Waals surface area (Å²) in [7, 11) is 0. The van der Waals surface area contributed by atoms with E-state index < -0.39 is 0 Å². The molecule has 0 saturated carbocycles. The fraction of sp³-hybridized carbons (Fsp3) is 0.400. The van der Waals surface area contributed by atoms with E-state index in [-0.39, 0.29) is 6.04 Å². The number of benzene rings is 1. The number of thioether (sulfide) groups is 1. The zero-order valence-electron chi connectivity index (χ0n) is 11.5. The van der Waals surface area contributed by atoms with Gasteiger partial charge >= 0.3 is 0 Å². The van der Waals surface area contributed by atoms with Crippen molar-refractivity contribution in [1.29, 1.82) is 0 Å². The Morgan fingerprint density at radius 2 is 2.05 bits per heavy atom. The molecule has 1 aromatic carbocycles. The van der Waals surface area contributed by atoms with Crippen molar-refractivity contribution in [2.75, 3.05) is 5.75 Å². The first-order valence-electron chi connectivity index (χ1n) is 6.66. The maximum Gasteiger partial charge on any atom is 0.126 e. The van der Waals surface area contributed by atoms with Crippen molar-refractivity contribution in [3.8, 4) is 0 Å². The molecule has 2 N–H and O–H groups in total. The summed E-state index contributed by atoms with van der Waals surface area (Å²) in [5, 5.41) is 0. The fourth-order valence-corrected chi connectivity index (χ4v) is 2.82. The van der Waals surface area contributed by atoms with Gasteiger partial charge in [0.25, 0.3) is 0 Å². The van der Waals surface area contributed by atoms with Gasteiger partial charge in [-0.05, 0) is 25.5 Å². The Labute approximate surface area is 119 Å². The van der Waals surface area contributed by atoms with Gasteiger partial charge in [0.05, 0.1) is 6.04 Å². The molecule has 1 unspecified atom stereocenters. The lowest BCUT2D eigenvalue weighted by atomic mass is 10.2. The van der Waals surface area contributed by atoms with Crippen LogP contribution in [0.4, 0.5) is 0 Å². The van der Waals surface area contributed by atoms with Crippen LogP contribution < -0.4 is 5.73 Å². The summed E-state index contributed by atoms with van der Waals surface area (Å²) in [6.07, 6.45) is 4.94. The van der Waals surface area contributed by atoms with E-state index in [1.54, 1.807) is 11.8 Å². The van der Waals surface area contributed by atoms with Crippen LogP contribution in [0.2, 0.25) is 0 Å². The van der Waals surface area contributed by atoms with E-state index >= 15 is 0 Å². The third-order valence-corrected chi connectivity index (χ3v) is 4.13. The summed E-state index contributed by atoms with van der Waals surface area (Å²) in [6, 6.07) is 8.53. The van der Waals surface area contributed by atoms with Crippen LogP contribution in [0.1, 0.15) is 30.8 Å². The minimum atomic E-state index is -0.0205. The molecule has 1 atom stereocenters. The van der Waals surface area contributed by atoms with Gasteiger partial charge in [0.2, 0.25) is 0 Å². The molecule has 4 heteroatoms. The lowest BCUT2D eigenvalue weighted by Gasteiger charge is -2.13. The van der Waals surface area contributed by atoms with Crippen LogP contribution in [0.15, 0.2) is 41.6 Å². The number of hydrogen-bond donors (Lipinski definition) is 1. The molecule has 0 radical (unpaired) electrons. The molecular formula is C15H21N3S. The Hall–Kier alpha value is -1.26. The summed E-state index contributed by atoms with van der Waals surface area (Å²) in [5.41, 5.74) is 7.53. The van der Waals surface area contributed by atoms with Crippen LogP contribution in [0.25, 0.3) is 0 Å². The predicted octanol–water partition coefficient (Wildman–Crippen LogP) is 3.39. The summed E-state index contributed by atoms with van der Waals surface area (Å²) in [6.45, 7) is 5.25. The highest BCUT2D eigenvalue weighted by atomic mass is 32.2. The van der Waals surface area contributed by atoms with E-state index in [1.807, 2.05) is 12.4 Å². The first kappa shape index (κ1) is 14.2. The number of rotatable bonds is 6. The van der Waals surface area contributed by atoms with Crippen molar-refractivity contribution in [2.45, 2.75) is 37.8 Å². The first-order valence-corrected chi connectivity index (χ1v) is 7.65. The van der Waals surface area contributed by atoms with E-state index in [1.165, 1.54) is 10.5 Å². The van der Waals surface area contributed by atoms with Crippen LogP contribution in [0, 0.1) is 6.92 Å². The van der Waals surface area contributed by atoms with Crippen molar-refractivity contribution in [3.63, 3.8) is 0 Å². The Balaban J connectivity index is 1.95. The number of aromatic nitrogens is 2. The van der Waals surface area contributed by atoms with Crippen molar-refractivity contribution >= 4 is 11.8 Å². The quantitative estimate of drug-likeness (QED) is 0.822. The Bertz CT molecular complexity index is 504. The van der Waals surface area contributed by atoms with Crippen LogP contribution in [0.5, 0.6) is 0 Å². The number of imidazole rings is 1. The monoisotopic (exact) mass is 275 g/mol. The highest BCUT2D eigenvalue weighted by Gasteiger charge is 2.12. The van der Waals surface area contributed by atoms with Crippen molar-refractivity contribution in [2.24, 2.45) is 5.73 Å². The molecule has 0 saturated heterocycles. The molecule has 0 amide bonds. The molecule has 1 heterocycles. The second-order valence-electron chi connectivity index (χ2n) is 4.71. The van der Waals surface area contributed by atoms with E-state index in [2.05, 4.69) is 47.7 Å². The molecule has 19 heavy (non-hydrogen) atoms. The van der Waals surface area contributed by atoms with E-state index in [0.29, 0.717) is 0 Å². The molecule has 0 bridgehead atoms. The third-order valence-electron chi connectivity index (χ3n) is 2.99. The van der Waals surface area contributed by atoms with Crippen LogP contribution >= 0.6 is 11.8 Å². The SMILES string of the molecule is CCCn1ccnc1C(N)CSc1ccc(C)cc1. The van der Waals surface area contributed by atoms with Gasteiger partial charge in [-0.15, -0.1) is 11.8 Å². The summed E-state index contributed by atoms with van der Waals surface area (Å²) < 4.78 is 2.15. The zero-order chi connectivity index (χ0) is 13.7. The van der Waals surface area contributed by atoms with Gasteiger partial charge < -0.3 is 10.3 Å². The van der Waals surface area contributed by atoms with E-state index in [0.717, 1.165) is 24.5 Å². The Morgan fingerprint density at radius 3 is 2.74 bits per heavy atom. The minimum absolute atomic E-state index is 0.0205. The molecular weight excluding hydrogens is 254 g/mol. The lowest BCUT2D eigenvalue weighted by molar-refractivity contribution is 0.603. The van der Waals surface area contributed by atoms with E-state index in [4.69, 9.17) is 5.73 Å². The van der Waals surface area contributed by atoms with Crippen molar-refractivity contribution in [3.05, 3.63) is 48.0 Å². The Kier molecular flexibility index (Phi) is 5.05. The second kappa shape index (κ2) is 6.78. The number of aryl methyl sites for hydroxylation is 2. The van der Waals surface area contributed by atoms with Crippen LogP contribution in [-0.2, 0) is 6.54 Å².